The summed E-state index contributed by atoms with van der Waals surface area (Å²) in [6, 6.07) is 8.29. The van der Waals surface area contributed by atoms with Crippen LogP contribution in [0.3, 0.4) is 0 Å². The molecular formula is C18H28IN5O. The molecule has 0 aliphatic heterocycles. The third-order valence-electron chi connectivity index (χ3n) is 3.64. The van der Waals surface area contributed by atoms with Gasteiger partial charge in [0.15, 0.2) is 11.8 Å². The lowest BCUT2D eigenvalue weighted by molar-refractivity contribution is 0.371. The van der Waals surface area contributed by atoms with Crippen molar-refractivity contribution in [3.05, 3.63) is 47.1 Å². The van der Waals surface area contributed by atoms with Gasteiger partial charge >= 0.3 is 0 Å². The number of aromatic nitrogens is 2. The molecule has 0 fully saturated rings. The maximum Gasteiger partial charge on any atom is 0.228 e. The third kappa shape index (κ3) is 7.01. The maximum absolute atomic E-state index is 5.25. The number of benzene rings is 1. The summed E-state index contributed by atoms with van der Waals surface area (Å²) < 4.78 is 5.25. The largest absolute Gasteiger partial charge is 0.357 e. The number of aliphatic imine (C=N–C) groups is 1. The van der Waals surface area contributed by atoms with Crippen LogP contribution in [0.5, 0.6) is 0 Å². The number of nitrogens with zero attached hydrogens (tertiary/aromatic N) is 3. The molecule has 0 atom stereocenters. The van der Waals surface area contributed by atoms with Gasteiger partial charge in [-0.15, -0.1) is 24.0 Å². The van der Waals surface area contributed by atoms with E-state index in [1.807, 2.05) is 26.0 Å². The van der Waals surface area contributed by atoms with E-state index in [4.69, 9.17) is 4.52 Å². The van der Waals surface area contributed by atoms with Crippen LogP contribution in [0, 0.1) is 6.92 Å². The van der Waals surface area contributed by atoms with Crippen molar-refractivity contribution in [2.45, 2.75) is 46.6 Å². The van der Waals surface area contributed by atoms with Gasteiger partial charge in [0.1, 0.15) is 0 Å². The molecule has 6 nitrogen and oxygen atoms in total. The van der Waals surface area contributed by atoms with Gasteiger partial charge in [0.05, 0.1) is 6.54 Å². The molecule has 1 heterocycles. The highest BCUT2D eigenvalue weighted by molar-refractivity contribution is 14.0. The Morgan fingerprint density at radius 2 is 2.00 bits per heavy atom. The van der Waals surface area contributed by atoms with Gasteiger partial charge in [-0.2, -0.15) is 4.98 Å². The normalized spacial score (nSPS) is 11.3. The molecule has 1 aromatic carbocycles. The highest BCUT2D eigenvalue weighted by atomic mass is 127. The van der Waals surface area contributed by atoms with Crippen LogP contribution in [0.25, 0.3) is 0 Å². The van der Waals surface area contributed by atoms with Crippen molar-refractivity contribution in [1.82, 2.24) is 20.8 Å². The Hall–Kier alpha value is -1.64. The summed E-state index contributed by atoms with van der Waals surface area (Å²) in [5, 5.41) is 10.5. The van der Waals surface area contributed by atoms with Crippen molar-refractivity contribution in [2.75, 3.05) is 13.1 Å². The number of rotatable bonds is 7. The van der Waals surface area contributed by atoms with Gasteiger partial charge in [-0.1, -0.05) is 43.3 Å². The minimum atomic E-state index is 0. The molecule has 0 radical (unpaired) electrons. The topological polar surface area (TPSA) is 75.3 Å². The van der Waals surface area contributed by atoms with E-state index in [0.29, 0.717) is 25.4 Å². The molecule has 0 aliphatic rings. The minimum absolute atomic E-state index is 0. The van der Waals surface area contributed by atoms with Crippen molar-refractivity contribution in [1.29, 1.82) is 0 Å². The Balaban J connectivity index is 0.00000312. The summed E-state index contributed by atoms with van der Waals surface area (Å²) >= 11 is 0. The summed E-state index contributed by atoms with van der Waals surface area (Å²) in [5.74, 6) is 2.49. The summed E-state index contributed by atoms with van der Waals surface area (Å²) in [6.45, 7) is 10.4. The number of nitrogens with one attached hydrogen (secondary N) is 2. The minimum Gasteiger partial charge on any atom is -0.357 e. The zero-order valence-corrected chi connectivity index (χ0v) is 17.7. The van der Waals surface area contributed by atoms with E-state index in [-0.39, 0.29) is 29.9 Å². The summed E-state index contributed by atoms with van der Waals surface area (Å²) in [6.07, 6.45) is 0.675. The van der Waals surface area contributed by atoms with Crippen molar-refractivity contribution in [3.63, 3.8) is 0 Å². The van der Waals surface area contributed by atoms with Gasteiger partial charge in [-0.05, 0) is 25.0 Å². The lowest BCUT2D eigenvalue weighted by Gasteiger charge is -2.11. The predicted octanol–water partition coefficient (Wildman–Crippen LogP) is 3.42. The first-order valence-corrected chi connectivity index (χ1v) is 8.49. The van der Waals surface area contributed by atoms with E-state index in [2.05, 4.69) is 51.7 Å². The number of aryl methyl sites for hydroxylation is 1. The molecule has 2 aromatic rings. The summed E-state index contributed by atoms with van der Waals surface area (Å²) in [4.78, 5) is 9.02. The van der Waals surface area contributed by atoms with E-state index in [0.717, 1.165) is 18.3 Å². The van der Waals surface area contributed by atoms with Crippen LogP contribution in [0.2, 0.25) is 0 Å². The molecular weight excluding hydrogens is 429 g/mol. The van der Waals surface area contributed by atoms with Gasteiger partial charge in [0.2, 0.25) is 5.89 Å². The van der Waals surface area contributed by atoms with Crippen molar-refractivity contribution >= 4 is 29.9 Å². The van der Waals surface area contributed by atoms with Gasteiger partial charge in [-0.3, -0.25) is 0 Å². The zero-order valence-electron chi connectivity index (χ0n) is 15.4. The van der Waals surface area contributed by atoms with E-state index in [9.17, 15) is 0 Å². The molecule has 7 heteroatoms. The fraction of sp³-hybridized carbons (Fsp3) is 0.500. The van der Waals surface area contributed by atoms with Crippen LogP contribution < -0.4 is 10.6 Å². The van der Waals surface area contributed by atoms with Crippen LogP contribution >= 0.6 is 24.0 Å². The highest BCUT2D eigenvalue weighted by Gasteiger charge is 2.09. The number of guanidine groups is 1. The quantitative estimate of drug-likeness (QED) is 0.379. The molecule has 0 saturated heterocycles. The van der Waals surface area contributed by atoms with Crippen LogP contribution in [0.15, 0.2) is 33.8 Å². The predicted molar refractivity (Wildman–Crippen MR) is 112 cm³/mol. The average Bonchev–Trinajstić information content (AvgIpc) is 3.03. The monoisotopic (exact) mass is 457 g/mol. The Morgan fingerprint density at radius 3 is 2.64 bits per heavy atom. The second-order valence-corrected chi connectivity index (χ2v) is 6.00. The Kier molecular flexibility index (Phi) is 9.48. The van der Waals surface area contributed by atoms with Gasteiger partial charge in [0, 0.05) is 25.4 Å². The van der Waals surface area contributed by atoms with Crippen LogP contribution in [-0.4, -0.2) is 29.2 Å². The molecule has 0 spiro atoms. The molecule has 1 aromatic heterocycles. The lowest BCUT2D eigenvalue weighted by Crippen LogP contribution is -2.38. The third-order valence-corrected chi connectivity index (χ3v) is 3.64. The van der Waals surface area contributed by atoms with Crippen molar-refractivity contribution in [2.24, 2.45) is 4.99 Å². The van der Waals surface area contributed by atoms with Gasteiger partial charge in [0.25, 0.3) is 0 Å². The standard InChI is InChI=1S/C18H27N5O.HI/c1-5-19-18(21-12-15-9-7-6-8-14(15)4)20-11-10-16-22-17(13(2)3)23-24-16;/h6-9,13H,5,10-12H2,1-4H3,(H2,19,20,21);1H. The smallest absolute Gasteiger partial charge is 0.228 e. The van der Waals surface area contributed by atoms with E-state index >= 15 is 0 Å². The first-order valence-electron chi connectivity index (χ1n) is 8.49. The summed E-state index contributed by atoms with van der Waals surface area (Å²) in [7, 11) is 0. The van der Waals surface area contributed by atoms with E-state index < -0.39 is 0 Å². The van der Waals surface area contributed by atoms with Crippen molar-refractivity contribution in [3.8, 4) is 0 Å². The molecule has 0 bridgehead atoms. The number of hydrogen-bond donors (Lipinski definition) is 2. The Labute approximate surface area is 166 Å². The van der Waals surface area contributed by atoms with Gasteiger partial charge < -0.3 is 15.2 Å². The van der Waals surface area contributed by atoms with Crippen molar-refractivity contribution < 1.29 is 4.52 Å². The van der Waals surface area contributed by atoms with Crippen LogP contribution in [0.4, 0.5) is 0 Å². The molecule has 0 amide bonds. The average molecular weight is 457 g/mol. The zero-order chi connectivity index (χ0) is 17.4. The fourth-order valence-corrected chi connectivity index (χ4v) is 2.19. The van der Waals surface area contributed by atoms with Crippen LogP contribution in [-0.2, 0) is 13.0 Å². The molecule has 138 valence electrons. The summed E-state index contributed by atoms with van der Waals surface area (Å²) in [5.41, 5.74) is 2.48. The first kappa shape index (κ1) is 21.4. The molecule has 2 N–H and O–H groups in total. The van der Waals surface area contributed by atoms with E-state index in [1.165, 1.54) is 11.1 Å². The Bertz CT molecular complexity index is 669. The SMILES string of the molecule is CCNC(=NCc1ccccc1C)NCCc1nc(C(C)C)no1.I. The Morgan fingerprint density at radius 1 is 1.24 bits per heavy atom. The number of halogens is 1. The van der Waals surface area contributed by atoms with E-state index in [1.54, 1.807) is 0 Å². The second kappa shape index (κ2) is 11.1. The molecule has 25 heavy (non-hydrogen) atoms. The second-order valence-electron chi connectivity index (χ2n) is 6.00. The first-order chi connectivity index (χ1) is 11.6. The molecule has 2 rings (SSSR count). The lowest BCUT2D eigenvalue weighted by atomic mass is 10.1. The molecule has 0 unspecified atom stereocenters. The fourth-order valence-electron chi connectivity index (χ4n) is 2.19. The number of hydrogen-bond acceptors (Lipinski definition) is 4. The van der Waals surface area contributed by atoms with Crippen LogP contribution in [0.1, 0.15) is 49.5 Å². The highest BCUT2D eigenvalue weighted by Crippen LogP contribution is 2.10. The maximum atomic E-state index is 5.25. The molecule has 0 saturated carbocycles. The molecule has 0 aliphatic carbocycles. The van der Waals surface area contributed by atoms with Gasteiger partial charge in [-0.25, -0.2) is 4.99 Å².